The Kier molecular flexibility index (Phi) is 4.79. The molecule has 0 aliphatic carbocycles. The van der Waals surface area contributed by atoms with Gasteiger partial charge in [-0.05, 0) is 36.2 Å². The van der Waals surface area contributed by atoms with E-state index in [2.05, 4.69) is 41.8 Å². The second-order valence-electron chi connectivity index (χ2n) is 7.82. The van der Waals surface area contributed by atoms with Crippen molar-refractivity contribution in [3.63, 3.8) is 0 Å². The molecule has 0 N–H and O–H groups in total. The van der Waals surface area contributed by atoms with Crippen LogP contribution in [0.3, 0.4) is 0 Å². The minimum absolute atomic E-state index is 0.0373. The maximum absolute atomic E-state index is 13.6. The molecule has 5 nitrogen and oxygen atoms in total. The molecule has 0 atom stereocenters. The highest BCUT2D eigenvalue weighted by Crippen LogP contribution is 2.26. The van der Waals surface area contributed by atoms with Crippen molar-refractivity contribution in [2.45, 2.75) is 20.0 Å². The summed E-state index contributed by atoms with van der Waals surface area (Å²) >= 11 is 0. The number of benzene rings is 3. The lowest BCUT2D eigenvalue weighted by molar-refractivity contribution is 0.414. The number of hydrogen-bond acceptors (Lipinski definition) is 3. The summed E-state index contributed by atoms with van der Waals surface area (Å²) in [5.74, 6) is 0.794. The Hall–Kier alpha value is -3.86. The van der Waals surface area contributed by atoms with Crippen LogP contribution in [-0.4, -0.2) is 21.2 Å². The molecule has 0 spiro atoms. The molecule has 0 aliphatic rings. The first-order valence-electron chi connectivity index (χ1n) is 10.3. The fourth-order valence-electron chi connectivity index (χ4n) is 4.15. The van der Waals surface area contributed by atoms with E-state index in [0.717, 1.165) is 33.3 Å². The van der Waals surface area contributed by atoms with Crippen LogP contribution in [0.5, 0.6) is 5.75 Å². The first kappa shape index (κ1) is 19.1. The fourth-order valence-corrected chi connectivity index (χ4v) is 4.15. The number of nitrogens with zero attached hydrogens (tertiary/aromatic N) is 3. The normalized spacial score (nSPS) is 11.3. The molecule has 0 radical (unpaired) electrons. The largest absolute Gasteiger partial charge is 0.497 e. The van der Waals surface area contributed by atoms with Crippen molar-refractivity contribution in [3.05, 3.63) is 106 Å². The van der Waals surface area contributed by atoms with Gasteiger partial charge in [0.05, 0.1) is 25.5 Å². The fraction of sp³-hybridized carbons (Fsp3) is 0.154. The quantitative estimate of drug-likeness (QED) is 0.420. The molecule has 0 saturated carbocycles. The molecule has 154 valence electrons. The number of methoxy groups -OCH3 is 1. The number of aryl methyl sites for hydroxylation is 1. The van der Waals surface area contributed by atoms with Gasteiger partial charge >= 0.3 is 0 Å². The van der Waals surface area contributed by atoms with Crippen molar-refractivity contribution >= 4 is 21.9 Å². The van der Waals surface area contributed by atoms with Crippen LogP contribution in [0.2, 0.25) is 0 Å². The van der Waals surface area contributed by atoms with Crippen molar-refractivity contribution in [1.29, 1.82) is 0 Å². The highest BCUT2D eigenvalue weighted by Gasteiger charge is 2.16. The molecule has 5 rings (SSSR count). The molecule has 0 amide bonds. The van der Waals surface area contributed by atoms with Gasteiger partial charge in [-0.2, -0.15) is 0 Å². The van der Waals surface area contributed by atoms with Crippen LogP contribution >= 0.6 is 0 Å². The summed E-state index contributed by atoms with van der Waals surface area (Å²) in [6.07, 6.45) is 1.65. The van der Waals surface area contributed by atoms with Crippen LogP contribution in [0.25, 0.3) is 21.9 Å². The van der Waals surface area contributed by atoms with Crippen molar-refractivity contribution in [2.24, 2.45) is 0 Å². The van der Waals surface area contributed by atoms with Gasteiger partial charge < -0.3 is 9.30 Å². The Labute approximate surface area is 180 Å². The summed E-state index contributed by atoms with van der Waals surface area (Å²) in [7, 11) is 1.64. The highest BCUT2D eigenvalue weighted by molar-refractivity contribution is 6.05. The highest BCUT2D eigenvalue weighted by atomic mass is 16.5. The van der Waals surface area contributed by atoms with Gasteiger partial charge in [0.25, 0.3) is 5.56 Å². The van der Waals surface area contributed by atoms with Crippen molar-refractivity contribution < 1.29 is 4.74 Å². The summed E-state index contributed by atoms with van der Waals surface area (Å²) in [6.45, 7) is 3.16. The van der Waals surface area contributed by atoms with Gasteiger partial charge in [0, 0.05) is 11.9 Å². The second kappa shape index (κ2) is 7.76. The number of aromatic nitrogens is 3. The summed E-state index contributed by atoms with van der Waals surface area (Å²) in [5, 5.41) is 0.999. The molecule has 0 fully saturated rings. The van der Waals surface area contributed by atoms with Crippen molar-refractivity contribution in [1.82, 2.24) is 14.1 Å². The number of ether oxygens (including phenoxy) is 1. The van der Waals surface area contributed by atoms with Crippen LogP contribution in [0, 0.1) is 6.92 Å². The zero-order valence-corrected chi connectivity index (χ0v) is 17.6. The Balaban J connectivity index is 1.66. The monoisotopic (exact) mass is 409 g/mol. The average molecular weight is 409 g/mol. The lowest BCUT2D eigenvalue weighted by Gasteiger charge is -2.10. The molecule has 2 heterocycles. The minimum atomic E-state index is -0.0373. The van der Waals surface area contributed by atoms with Gasteiger partial charge in [0.1, 0.15) is 16.8 Å². The molecule has 31 heavy (non-hydrogen) atoms. The molecule has 5 aromatic rings. The van der Waals surface area contributed by atoms with E-state index in [1.165, 1.54) is 5.56 Å². The predicted molar refractivity (Wildman–Crippen MR) is 124 cm³/mol. The Bertz CT molecular complexity index is 1450. The van der Waals surface area contributed by atoms with Gasteiger partial charge in [-0.1, -0.05) is 60.2 Å². The van der Waals surface area contributed by atoms with E-state index in [4.69, 9.17) is 9.72 Å². The van der Waals surface area contributed by atoms with Gasteiger partial charge in [-0.3, -0.25) is 9.36 Å². The summed E-state index contributed by atoms with van der Waals surface area (Å²) in [4.78, 5) is 18.3. The topological polar surface area (TPSA) is 49.0 Å². The van der Waals surface area contributed by atoms with Crippen molar-refractivity contribution in [3.8, 4) is 5.75 Å². The van der Waals surface area contributed by atoms with Gasteiger partial charge in [0.15, 0.2) is 0 Å². The Morgan fingerprint density at radius 1 is 0.903 bits per heavy atom. The lowest BCUT2D eigenvalue weighted by atomic mass is 10.1. The average Bonchev–Trinajstić information content (AvgIpc) is 3.10. The van der Waals surface area contributed by atoms with Crippen LogP contribution in [0.4, 0.5) is 0 Å². The Morgan fingerprint density at radius 3 is 2.48 bits per heavy atom. The molecule has 0 unspecified atom stereocenters. The van der Waals surface area contributed by atoms with E-state index >= 15 is 0 Å². The second-order valence-corrected chi connectivity index (χ2v) is 7.82. The minimum Gasteiger partial charge on any atom is -0.497 e. The summed E-state index contributed by atoms with van der Waals surface area (Å²) < 4.78 is 9.00. The standard InChI is InChI=1S/C26H23N3O2/c1-18-6-5-7-20(14-18)16-29-23-9-4-3-8-22(23)24-25(29)26(30)28(17-27-24)15-19-10-12-21(31-2)13-11-19/h3-14,17H,15-16H2,1-2H3. The van der Waals surface area contributed by atoms with E-state index in [1.54, 1.807) is 18.0 Å². The van der Waals surface area contributed by atoms with Gasteiger partial charge in [-0.15, -0.1) is 0 Å². The first-order chi connectivity index (χ1) is 15.1. The van der Waals surface area contributed by atoms with Crippen molar-refractivity contribution in [2.75, 3.05) is 7.11 Å². The number of rotatable bonds is 5. The molecular weight excluding hydrogens is 386 g/mol. The molecule has 3 aromatic carbocycles. The van der Waals surface area contributed by atoms with E-state index in [0.29, 0.717) is 18.6 Å². The summed E-state index contributed by atoms with van der Waals surface area (Å²) in [5.41, 5.74) is 5.75. The van der Waals surface area contributed by atoms with E-state index < -0.39 is 0 Å². The molecule has 2 aromatic heterocycles. The van der Waals surface area contributed by atoms with Crippen LogP contribution in [-0.2, 0) is 13.1 Å². The molecule has 5 heteroatoms. The summed E-state index contributed by atoms with van der Waals surface area (Å²) in [6, 6.07) is 24.2. The SMILES string of the molecule is COc1ccc(Cn2cnc3c4ccccc4n(Cc4cccc(C)c4)c3c2=O)cc1. The first-order valence-corrected chi connectivity index (χ1v) is 10.3. The molecule has 0 bridgehead atoms. The lowest BCUT2D eigenvalue weighted by Crippen LogP contribution is -2.23. The third kappa shape index (κ3) is 3.48. The maximum Gasteiger partial charge on any atom is 0.278 e. The van der Waals surface area contributed by atoms with Gasteiger partial charge in [0.2, 0.25) is 0 Å². The smallest absolute Gasteiger partial charge is 0.278 e. The van der Waals surface area contributed by atoms with E-state index in [-0.39, 0.29) is 5.56 Å². The number of fused-ring (bicyclic) bond motifs is 3. The third-order valence-corrected chi connectivity index (χ3v) is 5.67. The molecule has 0 saturated heterocycles. The van der Waals surface area contributed by atoms with Crippen LogP contribution in [0.1, 0.15) is 16.7 Å². The number of hydrogen-bond donors (Lipinski definition) is 0. The zero-order valence-electron chi connectivity index (χ0n) is 17.6. The maximum atomic E-state index is 13.6. The van der Waals surface area contributed by atoms with E-state index in [9.17, 15) is 4.79 Å². The van der Waals surface area contributed by atoms with E-state index in [1.807, 2.05) is 42.5 Å². The van der Waals surface area contributed by atoms with Crippen LogP contribution in [0.15, 0.2) is 83.9 Å². The number of para-hydroxylation sites is 1. The van der Waals surface area contributed by atoms with Crippen LogP contribution < -0.4 is 10.3 Å². The third-order valence-electron chi connectivity index (χ3n) is 5.67. The molecule has 0 aliphatic heterocycles. The predicted octanol–water partition coefficient (Wildman–Crippen LogP) is 4.76. The Morgan fingerprint density at radius 2 is 1.71 bits per heavy atom. The van der Waals surface area contributed by atoms with Gasteiger partial charge in [-0.25, -0.2) is 4.98 Å². The molecular formula is C26H23N3O2. The zero-order chi connectivity index (χ0) is 21.4.